The van der Waals surface area contributed by atoms with Gasteiger partial charge in [0, 0.05) is 26.2 Å². The van der Waals surface area contributed by atoms with Crippen molar-refractivity contribution in [2.24, 2.45) is 0 Å². The highest BCUT2D eigenvalue weighted by Gasteiger charge is 2.31. The van der Waals surface area contributed by atoms with Crippen molar-refractivity contribution in [3.8, 4) is 0 Å². The van der Waals surface area contributed by atoms with Crippen molar-refractivity contribution in [3.05, 3.63) is 21.9 Å². The third kappa shape index (κ3) is 3.17. The molecule has 4 nitrogen and oxygen atoms in total. The van der Waals surface area contributed by atoms with E-state index in [9.17, 15) is 9.90 Å². The van der Waals surface area contributed by atoms with Gasteiger partial charge in [-0.15, -0.1) is 11.3 Å². The van der Waals surface area contributed by atoms with Gasteiger partial charge in [0.05, 0.1) is 17.1 Å². The van der Waals surface area contributed by atoms with Crippen LogP contribution in [0.5, 0.6) is 0 Å². The molecule has 1 aromatic heterocycles. The molecule has 1 fully saturated rings. The van der Waals surface area contributed by atoms with Crippen molar-refractivity contribution in [1.29, 1.82) is 0 Å². The number of thiophene rings is 1. The smallest absolute Gasteiger partial charge is 0.169 e. The van der Waals surface area contributed by atoms with Crippen LogP contribution in [-0.2, 0) is 11.3 Å². The molecule has 0 amide bonds. The van der Waals surface area contributed by atoms with Crippen LogP contribution in [0.3, 0.4) is 0 Å². The van der Waals surface area contributed by atoms with Gasteiger partial charge in [-0.05, 0) is 30.9 Å². The van der Waals surface area contributed by atoms with Crippen LogP contribution in [0, 0.1) is 0 Å². The second-order valence-electron chi connectivity index (χ2n) is 4.63. The number of ether oxygens (including phenoxy) is 1. The van der Waals surface area contributed by atoms with Crippen LogP contribution in [0.4, 0.5) is 0 Å². The van der Waals surface area contributed by atoms with E-state index in [1.54, 1.807) is 6.92 Å². The number of aliphatic hydroxyl groups is 1. The number of hydrogen-bond donors (Lipinski definition) is 1. The minimum atomic E-state index is -0.407. The summed E-state index contributed by atoms with van der Waals surface area (Å²) in [4.78, 5) is 14.2. The Balaban J connectivity index is 1.92. The minimum absolute atomic E-state index is 0.0825. The van der Waals surface area contributed by atoms with Crippen molar-refractivity contribution in [2.75, 3.05) is 19.7 Å². The summed E-state index contributed by atoms with van der Waals surface area (Å²) in [5.74, 6) is 0.111. The van der Waals surface area contributed by atoms with Gasteiger partial charge in [-0.1, -0.05) is 0 Å². The zero-order valence-electron chi connectivity index (χ0n) is 10.8. The van der Waals surface area contributed by atoms with Crippen molar-refractivity contribution in [3.63, 3.8) is 0 Å². The Kier molecular flexibility index (Phi) is 4.50. The molecular formula is C13H19NO3S. The van der Waals surface area contributed by atoms with Gasteiger partial charge in [-0.25, -0.2) is 0 Å². The van der Waals surface area contributed by atoms with Gasteiger partial charge in [0.2, 0.25) is 0 Å². The molecule has 1 aromatic rings. The van der Waals surface area contributed by atoms with Crippen molar-refractivity contribution in [1.82, 2.24) is 4.90 Å². The normalized spacial score (nSPS) is 24.6. The highest BCUT2D eigenvalue weighted by molar-refractivity contribution is 7.12. The van der Waals surface area contributed by atoms with E-state index in [0.717, 1.165) is 23.5 Å². The summed E-state index contributed by atoms with van der Waals surface area (Å²) in [5.41, 5.74) is 1.13. The number of carbonyl (C=O) groups is 1. The average molecular weight is 269 g/mol. The lowest BCUT2D eigenvalue weighted by molar-refractivity contribution is -0.00244. The van der Waals surface area contributed by atoms with Crippen LogP contribution in [0.1, 0.15) is 29.1 Å². The Morgan fingerprint density at radius 3 is 3.00 bits per heavy atom. The Bertz CT molecular complexity index is 418. The quantitative estimate of drug-likeness (QED) is 0.824. The fraction of sp³-hybridized carbons (Fsp3) is 0.615. The van der Waals surface area contributed by atoms with E-state index in [1.807, 2.05) is 18.4 Å². The fourth-order valence-corrected chi connectivity index (χ4v) is 3.05. The molecule has 0 unspecified atom stereocenters. The first-order valence-corrected chi connectivity index (χ1v) is 7.08. The first-order valence-electron chi connectivity index (χ1n) is 6.20. The monoisotopic (exact) mass is 269 g/mol. The molecule has 1 aliphatic rings. The van der Waals surface area contributed by atoms with Gasteiger partial charge in [-0.3, -0.25) is 9.69 Å². The topological polar surface area (TPSA) is 49.8 Å². The van der Waals surface area contributed by atoms with Crippen LogP contribution in [0.25, 0.3) is 0 Å². The SMILES string of the molecule is CCO[C@@H]1CN(Cc2csc(C(C)=O)c2)C[C@H]1O. The predicted molar refractivity (Wildman–Crippen MR) is 71.0 cm³/mol. The predicted octanol–water partition coefficient (Wildman–Crippen LogP) is 1.53. The number of β-amino-alcohol motifs (C(OH)–C–C–N with tert-alkyl or cyclic N) is 1. The zero-order valence-corrected chi connectivity index (χ0v) is 11.6. The molecule has 100 valence electrons. The van der Waals surface area contributed by atoms with Gasteiger partial charge in [0.1, 0.15) is 0 Å². The lowest BCUT2D eigenvalue weighted by Crippen LogP contribution is -2.26. The third-order valence-corrected chi connectivity index (χ3v) is 4.18. The van der Waals surface area contributed by atoms with E-state index in [2.05, 4.69) is 4.90 Å². The summed E-state index contributed by atoms with van der Waals surface area (Å²) in [6.45, 7) is 6.30. The van der Waals surface area contributed by atoms with Gasteiger partial charge >= 0.3 is 0 Å². The lowest BCUT2D eigenvalue weighted by Gasteiger charge is -2.14. The molecule has 0 radical (unpaired) electrons. The van der Waals surface area contributed by atoms with Gasteiger partial charge in [-0.2, -0.15) is 0 Å². The Labute approximate surface area is 111 Å². The summed E-state index contributed by atoms with van der Waals surface area (Å²) in [5, 5.41) is 11.9. The molecule has 2 heterocycles. The minimum Gasteiger partial charge on any atom is -0.389 e. The molecule has 0 spiro atoms. The van der Waals surface area contributed by atoms with Crippen molar-refractivity contribution in [2.45, 2.75) is 32.6 Å². The van der Waals surface area contributed by atoms with Crippen LogP contribution in [-0.4, -0.2) is 47.7 Å². The van der Waals surface area contributed by atoms with E-state index in [4.69, 9.17) is 4.74 Å². The van der Waals surface area contributed by atoms with Gasteiger partial charge in [0.15, 0.2) is 5.78 Å². The number of carbonyl (C=O) groups excluding carboxylic acids is 1. The van der Waals surface area contributed by atoms with E-state index in [-0.39, 0.29) is 11.9 Å². The summed E-state index contributed by atoms with van der Waals surface area (Å²) >= 11 is 1.48. The second-order valence-corrected chi connectivity index (χ2v) is 5.54. The van der Waals surface area contributed by atoms with Gasteiger partial charge in [0.25, 0.3) is 0 Å². The molecule has 0 aromatic carbocycles. The maximum atomic E-state index is 11.2. The molecule has 2 atom stereocenters. The Morgan fingerprint density at radius 2 is 2.39 bits per heavy atom. The van der Waals surface area contributed by atoms with E-state index < -0.39 is 6.10 Å². The molecular weight excluding hydrogens is 250 g/mol. The summed E-state index contributed by atoms with van der Waals surface area (Å²) < 4.78 is 5.48. The molecule has 18 heavy (non-hydrogen) atoms. The molecule has 1 aliphatic heterocycles. The van der Waals surface area contributed by atoms with Crippen LogP contribution < -0.4 is 0 Å². The van der Waals surface area contributed by atoms with E-state index in [0.29, 0.717) is 13.2 Å². The number of ketones is 1. The molecule has 0 aliphatic carbocycles. The first-order chi connectivity index (χ1) is 8.60. The second kappa shape index (κ2) is 5.93. The van der Waals surface area contributed by atoms with E-state index in [1.165, 1.54) is 11.3 Å². The van der Waals surface area contributed by atoms with Crippen LogP contribution in [0.15, 0.2) is 11.4 Å². The standard InChI is InChI=1S/C13H19NO3S/c1-3-17-12-7-14(6-11(12)16)5-10-4-13(9(2)15)18-8-10/h4,8,11-12,16H,3,5-7H2,1-2H3/t11-,12-/m1/s1. The highest BCUT2D eigenvalue weighted by atomic mass is 32.1. The molecule has 1 saturated heterocycles. The number of nitrogens with zero attached hydrogens (tertiary/aromatic N) is 1. The average Bonchev–Trinajstić information content (AvgIpc) is 2.88. The Morgan fingerprint density at radius 1 is 1.61 bits per heavy atom. The highest BCUT2D eigenvalue weighted by Crippen LogP contribution is 2.20. The summed E-state index contributed by atoms with van der Waals surface area (Å²) in [6.07, 6.45) is -0.489. The van der Waals surface area contributed by atoms with Crippen molar-refractivity contribution >= 4 is 17.1 Å². The largest absolute Gasteiger partial charge is 0.389 e. The number of rotatable bonds is 5. The maximum absolute atomic E-state index is 11.2. The first kappa shape index (κ1) is 13.7. The van der Waals surface area contributed by atoms with Gasteiger partial charge < -0.3 is 9.84 Å². The zero-order chi connectivity index (χ0) is 13.1. The van der Waals surface area contributed by atoms with Crippen LogP contribution >= 0.6 is 11.3 Å². The lowest BCUT2D eigenvalue weighted by atomic mass is 10.2. The molecule has 1 N–H and O–H groups in total. The maximum Gasteiger partial charge on any atom is 0.169 e. The fourth-order valence-electron chi connectivity index (χ4n) is 2.24. The molecule has 0 bridgehead atoms. The van der Waals surface area contributed by atoms with Crippen LogP contribution in [0.2, 0.25) is 0 Å². The summed E-state index contributed by atoms with van der Waals surface area (Å²) in [6, 6.07) is 1.94. The Hall–Kier alpha value is -0.750. The molecule has 2 rings (SSSR count). The number of Topliss-reactive ketones (excluding diaryl/α,β-unsaturated/α-hetero) is 1. The number of aliphatic hydroxyl groups excluding tert-OH is 1. The molecule has 5 heteroatoms. The van der Waals surface area contributed by atoms with E-state index >= 15 is 0 Å². The third-order valence-electron chi connectivity index (χ3n) is 3.10. The number of likely N-dealkylation sites (tertiary alicyclic amines) is 1. The van der Waals surface area contributed by atoms with Crippen molar-refractivity contribution < 1.29 is 14.6 Å². The summed E-state index contributed by atoms with van der Waals surface area (Å²) in [7, 11) is 0. The number of hydrogen-bond acceptors (Lipinski definition) is 5. The molecule has 0 saturated carbocycles.